The number of carbonyl (C=O) groups is 1. The van der Waals surface area contributed by atoms with Gasteiger partial charge in [-0.3, -0.25) is 4.79 Å². The van der Waals surface area contributed by atoms with Gasteiger partial charge in [0.1, 0.15) is 5.57 Å². The number of carbonyl (C=O) groups excluding carboxylic acids is 1. The Morgan fingerprint density at radius 2 is 1.52 bits per heavy atom. The highest BCUT2D eigenvalue weighted by Gasteiger charge is 2.38. The lowest BCUT2D eigenvalue weighted by molar-refractivity contribution is -0.0878. The van der Waals surface area contributed by atoms with Gasteiger partial charge in [-0.05, 0) is 23.8 Å². The molecule has 2 rings (SSSR count). The smallest absolute Gasteiger partial charge is 0.289 e. The molecule has 0 aliphatic rings. The molecule has 0 radical (unpaired) electrons. The first-order valence-electron chi connectivity index (χ1n) is 6.02. The van der Waals surface area contributed by atoms with E-state index < -0.39 is 17.5 Å². The van der Waals surface area contributed by atoms with Crippen LogP contribution in [-0.4, -0.2) is 12.0 Å². The van der Waals surface area contributed by atoms with E-state index >= 15 is 0 Å². The van der Waals surface area contributed by atoms with Crippen molar-refractivity contribution in [3.8, 4) is 0 Å². The van der Waals surface area contributed by atoms with Gasteiger partial charge >= 0.3 is 6.18 Å². The summed E-state index contributed by atoms with van der Waals surface area (Å²) in [7, 11) is 0. The zero-order valence-corrected chi connectivity index (χ0v) is 12.3. The molecule has 0 bridgehead atoms. The summed E-state index contributed by atoms with van der Waals surface area (Å²) < 4.78 is 40.1. The highest BCUT2D eigenvalue weighted by molar-refractivity contribution is 9.10. The summed E-state index contributed by atoms with van der Waals surface area (Å²) in [4.78, 5) is 12.1. The molecule has 0 saturated carbocycles. The van der Waals surface area contributed by atoms with Gasteiger partial charge in [-0.2, -0.15) is 13.2 Å². The molecule has 0 aromatic heterocycles. The molecule has 0 fully saturated rings. The number of hydrogen-bond acceptors (Lipinski definition) is 1. The number of benzene rings is 2. The minimum Gasteiger partial charge on any atom is -0.289 e. The van der Waals surface area contributed by atoms with Crippen LogP contribution in [0.25, 0.3) is 6.08 Å². The van der Waals surface area contributed by atoms with Gasteiger partial charge in [0.15, 0.2) is 5.78 Å². The van der Waals surface area contributed by atoms with Crippen LogP contribution in [-0.2, 0) is 0 Å². The molecule has 2 aromatic rings. The Balaban J connectivity index is 2.45. The van der Waals surface area contributed by atoms with E-state index in [1.54, 1.807) is 18.2 Å². The molecule has 0 aliphatic heterocycles. The van der Waals surface area contributed by atoms with Crippen molar-refractivity contribution in [2.75, 3.05) is 0 Å². The van der Waals surface area contributed by atoms with Crippen molar-refractivity contribution in [1.82, 2.24) is 0 Å². The van der Waals surface area contributed by atoms with Crippen molar-refractivity contribution in [2.24, 2.45) is 0 Å². The molecule has 0 unspecified atom stereocenters. The second kappa shape index (κ2) is 6.26. The summed E-state index contributed by atoms with van der Waals surface area (Å²) in [6.07, 6.45) is -3.85. The third-order valence-corrected chi connectivity index (χ3v) is 3.30. The highest BCUT2D eigenvalue weighted by atomic mass is 79.9. The molecule has 0 aliphatic carbocycles. The highest BCUT2D eigenvalue weighted by Crippen LogP contribution is 2.30. The minimum absolute atomic E-state index is 0.0122. The predicted octanol–water partition coefficient (Wildman–Crippen LogP) is 5.28. The topological polar surface area (TPSA) is 17.1 Å². The van der Waals surface area contributed by atoms with E-state index in [0.717, 1.165) is 10.5 Å². The Morgan fingerprint density at radius 3 is 2.05 bits per heavy atom. The number of allylic oxidation sites excluding steroid dienone is 1. The summed E-state index contributed by atoms with van der Waals surface area (Å²) >= 11 is 3.21. The molecule has 0 atom stereocenters. The van der Waals surface area contributed by atoms with Crippen LogP contribution in [0.4, 0.5) is 13.2 Å². The first-order valence-corrected chi connectivity index (χ1v) is 6.81. The zero-order chi connectivity index (χ0) is 15.5. The van der Waals surface area contributed by atoms with E-state index in [9.17, 15) is 18.0 Å². The molecule has 0 saturated heterocycles. The van der Waals surface area contributed by atoms with Crippen LogP contribution in [0, 0.1) is 0 Å². The summed E-state index contributed by atoms with van der Waals surface area (Å²) in [5.74, 6) is -1.04. The molecule has 0 amide bonds. The molecule has 5 heteroatoms. The van der Waals surface area contributed by atoms with E-state index in [-0.39, 0.29) is 5.56 Å². The van der Waals surface area contributed by atoms with Crippen LogP contribution < -0.4 is 0 Å². The van der Waals surface area contributed by atoms with Gasteiger partial charge in [0.05, 0.1) is 0 Å². The van der Waals surface area contributed by atoms with Crippen LogP contribution in [0.1, 0.15) is 15.9 Å². The first kappa shape index (κ1) is 15.5. The van der Waals surface area contributed by atoms with Crippen molar-refractivity contribution in [3.63, 3.8) is 0 Å². The average molecular weight is 355 g/mol. The van der Waals surface area contributed by atoms with Crippen molar-refractivity contribution in [3.05, 3.63) is 75.8 Å². The molecule has 1 nitrogen and oxygen atoms in total. The molecular weight excluding hydrogens is 345 g/mol. The quantitative estimate of drug-likeness (QED) is 0.541. The number of Topliss-reactive ketones (excluding diaryl/α,β-unsaturated/α-hetero) is 1. The van der Waals surface area contributed by atoms with E-state index in [1.165, 1.54) is 36.4 Å². The van der Waals surface area contributed by atoms with E-state index in [0.29, 0.717) is 5.56 Å². The fourth-order valence-electron chi connectivity index (χ4n) is 1.75. The molecule has 21 heavy (non-hydrogen) atoms. The van der Waals surface area contributed by atoms with Gasteiger partial charge in [-0.1, -0.05) is 58.4 Å². The van der Waals surface area contributed by atoms with Crippen molar-refractivity contribution < 1.29 is 18.0 Å². The summed E-state index contributed by atoms with van der Waals surface area (Å²) in [6, 6.07) is 13.7. The lowest BCUT2D eigenvalue weighted by Crippen LogP contribution is -2.20. The van der Waals surface area contributed by atoms with Crippen LogP contribution in [0.15, 0.2) is 64.6 Å². The Morgan fingerprint density at radius 1 is 0.952 bits per heavy atom. The van der Waals surface area contributed by atoms with Gasteiger partial charge in [-0.25, -0.2) is 0 Å². The van der Waals surface area contributed by atoms with Crippen molar-refractivity contribution in [2.45, 2.75) is 6.18 Å². The van der Waals surface area contributed by atoms with Crippen LogP contribution in [0.5, 0.6) is 0 Å². The zero-order valence-electron chi connectivity index (χ0n) is 10.7. The van der Waals surface area contributed by atoms with Gasteiger partial charge < -0.3 is 0 Å². The van der Waals surface area contributed by atoms with Crippen molar-refractivity contribution >= 4 is 27.8 Å². The number of hydrogen-bond donors (Lipinski definition) is 0. The summed E-state index contributed by atoms with van der Waals surface area (Å²) in [6.45, 7) is 0. The Hall–Kier alpha value is -1.88. The van der Waals surface area contributed by atoms with Gasteiger partial charge in [-0.15, -0.1) is 0 Å². The number of rotatable bonds is 3. The maximum atomic E-state index is 13.1. The second-order valence-corrected chi connectivity index (χ2v) is 5.22. The number of halogens is 4. The van der Waals surface area contributed by atoms with Gasteiger partial charge in [0.2, 0.25) is 0 Å². The lowest BCUT2D eigenvalue weighted by Gasteiger charge is -2.11. The largest absolute Gasteiger partial charge is 0.420 e. The molecule has 2 aromatic carbocycles. The normalized spacial score (nSPS) is 12.3. The molecule has 108 valence electrons. The SMILES string of the molecule is O=C(/C(=C\c1ccc(Br)cc1)C(F)(F)F)c1ccccc1. The monoisotopic (exact) mass is 354 g/mol. The van der Waals surface area contributed by atoms with Gasteiger partial charge in [0, 0.05) is 10.0 Å². The Kier molecular flexibility index (Phi) is 4.63. The third kappa shape index (κ3) is 4.04. The minimum atomic E-state index is -4.71. The predicted molar refractivity (Wildman–Crippen MR) is 78.9 cm³/mol. The van der Waals surface area contributed by atoms with Gasteiger partial charge in [0.25, 0.3) is 0 Å². The van der Waals surface area contributed by atoms with Crippen LogP contribution >= 0.6 is 15.9 Å². The average Bonchev–Trinajstić information content (AvgIpc) is 2.45. The van der Waals surface area contributed by atoms with Crippen LogP contribution in [0.2, 0.25) is 0 Å². The standard InChI is InChI=1S/C16H10BrF3O/c17-13-8-6-11(7-9-13)10-14(16(18,19)20)15(21)12-4-2-1-3-5-12/h1-10H/b14-10+. The summed E-state index contributed by atoms with van der Waals surface area (Å²) in [5.41, 5.74) is -0.857. The molecular formula is C16H10BrF3O. The maximum absolute atomic E-state index is 13.1. The third-order valence-electron chi connectivity index (χ3n) is 2.77. The van der Waals surface area contributed by atoms with E-state index in [4.69, 9.17) is 0 Å². The molecule has 0 N–H and O–H groups in total. The first-order chi connectivity index (χ1) is 9.88. The van der Waals surface area contributed by atoms with Crippen LogP contribution in [0.3, 0.4) is 0 Å². The maximum Gasteiger partial charge on any atom is 0.420 e. The van der Waals surface area contributed by atoms with E-state index in [2.05, 4.69) is 15.9 Å². The number of alkyl halides is 3. The fraction of sp³-hybridized carbons (Fsp3) is 0.0625. The second-order valence-electron chi connectivity index (χ2n) is 4.30. The Labute approximate surface area is 128 Å². The van der Waals surface area contributed by atoms with E-state index in [1.807, 2.05) is 0 Å². The Bertz CT molecular complexity index is 658. The molecule has 0 spiro atoms. The number of ketones is 1. The lowest BCUT2D eigenvalue weighted by atomic mass is 10.0. The fourth-order valence-corrected chi connectivity index (χ4v) is 2.01. The summed E-state index contributed by atoms with van der Waals surface area (Å²) in [5, 5.41) is 0. The molecule has 0 heterocycles. The van der Waals surface area contributed by atoms with Crippen molar-refractivity contribution in [1.29, 1.82) is 0 Å².